The third-order valence-corrected chi connectivity index (χ3v) is 3.77. The third kappa shape index (κ3) is 3.59. The van der Waals surface area contributed by atoms with Crippen molar-refractivity contribution in [2.24, 2.45) is 0 Å². The van der Waals surface area contributed by atoms with Crippen molar-refractivity contribution in [1.29, 1.82) is 0 Å². The lowest BCUT2D eigenvalue weighted by atomic mass is 9.74. The molecule has 19 heavy (non-hydrogen) atoms. The summed E-state index contributed by atoms with van der Waals surface area (Å²) in [6.45, 7) is 0.376. The van der Waals surface area contributed by atoms with Gasteiger partial charge in [0, 0.05) is 19.0 Å². The van der Waals surface area contributed by atoms with E-state index in [2.05, 4.69) is 16.0 Å². The molecule has 2 rings (SSSR count). The van der Waals surface area contributed by atoms with Gasteiger partial charge < -0.3 is 21.1 Å². The first-order valence-corrected chi connectivity index (χ1v) is 6.56. The van der Waals surface area contributed by atoms with Gasteiger partial charge >= 0.3 is 12.0 Å². The Balaban J connectivity index is 1.74. The van der Waals surface area contributed by atoms with Gasteiger partial charge in [0.05, 0.1) is 12.0 Å². The van der Waals surface area contributed by atoms with Gasteiger partial charge in [-0.15, -0.1) is 0 Å². The highest BCUT2D eigenvalue weighted by Crippen LogP contribution is 2.34. The molecular formula is C12H19N3O4. The van der Waals surface area contributed by atoms with Crippen LogP contribution in [0.2, 0.25) is 0 Å². The van der Waals surface area contributed by atoms with Crippen molar-refractivity contribution < 1.29 is 19.5 Å². The maximum absolute atomic E-state index is 11.7. The standard InChI is InChI=1S/C12H19N3O4/c16-9-3-2-8(14-9)7-13-11(19)15-12(4-1-5-12)6-10(17)18/h8H,1-7H2,(H,14,16)(H,17,18)(H2,13,15,19). The fourth-order valence-electron chi connectivity index (χ4n) is 2.57. The highest BCUT2D eigenvalue weighted by atomic mass is 16.4. The molecule has 0 spiro atoms. The van der Waals surface area contributed by atoms with Crippen LogP contribution in [0.1, 0.15) is 38.5 Å². The Labute approximate surface area is 111 Å². The van der Waals surface area contributed by atoms with E-state index in [1.807, 2.05) is 0 Å². The monoisotopic (exact) mass is 269 g/mol. The zero-order valence-corrected chi connectivity index (χ0v) is 10.7. The first-order valence-electron chi connectivity index (χ1n) is 6.56. The largest absolute Gasteiger partial charge is 0.481 e. The summed E-state index contributed by atoms with van der Waals surface area (Å²) >= 11 is 0. The molecule has 0 aromatic heterocycles. The Hall–Kier alpha value is -1.79. The lowest BCUT2D eigenvalue weighted by molar-refractivity contribution is -0.139. The van der Waals surface area contributed by atoms with Gasteiger partial charge in [0.25, 0.3) is 0 Å². The third-order valence-electron chi connectivity index (χ3n) is 3.77. The molecule has 2 fully saturated rings. The van der Waals surface area contributed by atoms with E-state index >= 15 is 0 Å². The van der Waals surface area contributed by atoms with Crippen LogP contribution in [-0.4, -0.2) is 41.1 Å². The van der Waals surface area contributed by atoms with Crippen molar-refractivity contribution in [3.63, 3.8) is 0 Å². The summed E-state index contributed by atoms with van der Waals surface area (Å²) in [5, 5.41) is 17.0. The number of aliphatic carboxylic acids is 1. The molecule has 1 unspecified atom stereocenters. The molecule has 1 aliphatic carbocycles. The summed E-state index contributed by atoms with van der Waals surface area (Å²) in [6.07, 6.45) is 3.52. The maximum atomic E-state index is 11.7. The van der Waals surface area contributed by atoms with Gasteiger partial charge in [0.2, 0.25) is 5.91 Å². The minimum absolute atomic E-state index is 0.00792. The summed E-state index contributed by atoms with van der Waals surface area (Å²) in [5.74, 6) is -0.892. The molecule has 1 atom stereocenters. The highest BCUT2D eigenvalue weighted by molar-refractivity contribution is 5.79. The molecule has 1 aliphatic heterocycles. The molecule has 0 radical (unpaired) electrons. The van der Waals surface area contributed by atoms with Crippen LogP contribution in [-0.2, 0) is 9.59 Å². The summed E-state index contributed by atoms with van der Waals surface area (Å²) in [6, 6.07) is -0.378. The van der Waals surface area contributed by atoms with E-state index in [9.17, 15) is 14.4 Å². The topological polar surface area (TPSA) is 108 Å². The van der Waals surface area contributed by atoms with Crippen LogP contribution in [0, 0.1) is 0 Å². The van der Waals surface area contributed by atoms with Crippen LogP contribution in [0.3, 0.4) is 0 Å². The zero-order valence-electron chi connectivity index (χ0n) is 10.7. The van der Waals surface area contributed by atoms with Gasteiger partial charge in [-0.1, -0.05) is 0 Å². The summed E-state index contributed by atoms with van der Waals surface area (Å²) < 4.78 is 0. The summed E-state index contributed by atoms with van der Waals surface area (Å²) in [7, 11) is 0. The predicted molar refractivity (Wildman–Crippen MR) is 66.5 cm³/mol. The van der Waals surface area contributed by atoms with Gasteiger partial charge in [-0.2, -0.15) is 0 Å². The quantitative estimate of drug-likeness (QED) is 0.561. The minimum atomic E-state index is -0.900. The Morgan fingerprint density at radius 1 is 1.42 bits per heavy atom. The van der Waals surface area contributed by atoms with E-state index in [-0.39, 0.29) is 24.4 Å². The van der Waals surface area contributed by atoms with Crippen molar-refractivity contribution in [3.8, 4) is 0 Å². The first kappa shape index (κ1) is 13.6. The van der Waals surface area contributed by atoms with Crippen molar-refractivity contribution >= 4 is 17.9 Å². The Morgan fingerprint density at radius 2 is 2.16 bits per heavy atom. The molecule has 106 valence electrons. The predicted octanol–water partition coefficient (Wildman–Crippen LogP) is -0.0384. The van der Waals surface area contributed by atoms with E-state index in [0.717, 1.165) is 12.8 Å². The molecule has 4 N–H and O–H groups in total. The van der Waals surface area contributed by atoms with Gasteiger partial charge in [-0.25, -0.2) is 4.79 Å². The number of carboxylic acids is 1. The van der Waals surface area contributed by atoms with E-state index in [4.69, 9.17) is 5.11 Å². The van der Waals surface area contributed by atoms with E-state index in [1.54, 1.807) is 0 Å². The normalized spacial score (nSPS) is 24.2. The van der Waals surface area contributed by atoms with Gasteiger partial charge in [0.1, 0.15) is 0 Å². The summed E-state index contributed by atoms with van der Waals surface area (Å²) in [4.78, 5) is 33.5. The average Bonchev–Trinajstić information content (AvgIpc) is 2.69. The molecule has 3 amide bonds. The molecule has 0 aromatic carbocycles. The lowest BCUT2D eigenvalue weighted by Crippen LogP contribution is -2.58. The molecule has 1 saturated carbocycles. The van der Waals surface area contributed by atoms with Gasteiger partial charge in [-0.3, -0.25) is 9.59 Å². The number of carboxylic acid groups (broad SMARTS) is 1. The van der Waals surface area contributed by atoms with E-state index < -0.39 is 11.5 Å². The number of amides is 3. The first-order chi connectivity index (χ1) is 8.99. The Bertz CT molecular complexity index is 392. The lowest BCUT2D eigenvalue weighted by Gasteiger charge is -2.41. The van der Waals surface area contributed by atoms with Crippen molar-refractivity contribution in [2.75, 3.05) is 6.54 Å². The molecule has 7 nitrogen and oxygen atoms in total. The fraction of sp³-hybridized carbons (Fsp3) is 0.750. The molecular weight excluding hydrogens is 250 g/mol. The average molecular weight is 269 g/mol. The molecule has 1 saturated heterocycles. The van der Waals surface area contributed by atoms with Crippen molar-refractivity contribution in [1.82, 2.24) is 16.0 Å². The minimum Gasteiger partial charge on any atom is -0.481 e. The van der Waals surface area contributed by atoms with Crippen molar-refractivity contribution in [3.05, 3.63) is 0 Å². The molecule has 7 heteroatoms. The second-order valence-corrected chi connectivity index (χ2v) is 5.34. The highest BCUT2D eigenvalue weighted by Gasteiger charge is 2.40. The number of urea groups is 1. The SMILES string of the molecule is O=C(O)CC1(NC(=O)NCC2CCC(=O)N2)CCC1. The molecule has 2 aliphatic rings. The second kappa shape index (κ2) is 5.46. The van der Waals surface area contributed by atoms with Crippen LogP contribution < -0.4 is 16.0 Å². The fourth-order valence-corrected chi connectivity index (χ4v) is 2.57. The summed E-state index contributed by atoms with van der Waals surface area (Å²) in [5.41, 5.74) is -0.588. The Morgan fingerprint density at radius 3 is 2.63 bits per heavy atom. The number of nitrogens with one attached hydrogen (secondary N) is 3. The van der Waals surface area contributed by atoms with Crippen LogP contribution in [0.25, 0.3) is 0 Å². The number of carbonyl (C=O) groups excluding carboxylic acids is 2. The number of hydrogen-bond acceptors (Lipinski definition) is 3. The van der Waals surface area contributed by atoms with Crippen LogP contribution in [0.5, 0.6) is 0 Å². The number of carbonyl (C=O) groups is 3. The smallest absolute Gasteiger partial charge is 0.315 e. The van der Waals surface area contributed by atoms with Gasteiger partial charge in [-0.05, 0) is 25.7 Å². The molecule has 1 heterocycles. The molecule has 0 aromatic rings. The van der Waals surface area contributed by atoms with Crippen molar-refractivity contribution in [2.45, 2.75) is 50.1 Å². The number of rotatable bonds is 5. The van der Waals surface area contributed by atoms with Crippen LogP contribution in [0.15, 0.2) is 0 Å². The van der Waals surface area contributed by atoms with Crippen LogP contribution >= 0.6 is 0 Å². The van der Waals surface area contributed by atoms with E-state index in [1.165, 1.54) is 0 Å². The molecule has 0 bridgehead atoms. The number of hydrogen-bond donors (Lipinski definition) is 4. The van der Waals surface area contributed by atoms with Gasteiger partial charge in [0.15, 0.2) is 0 Å². The van der Waals surface area contributed by atoms with E-state index in [0.29, 0.717) is 25.8 Å². The zero-order chi connectivity index (χ0) is 13.9. The second-order valence-electron chi connectivity index (χ2n) is 5.34. The maximum Gasteiger partial charge on any atom is 0.315 e. The Kier molecular flexibility index (Phi) is 3.92. The van der Waals surface area contributed by atoms with Crippen LogP contribution in [0.4, 0.5) is 4.79 Å².